The van der Waals surface area contributed by atoms with Crippen LogP contribution >= 0.6 is 0 Å². The summed E-state index contributed by atoms with van der Waals surface area (Å²) in [6.45, 7) is 6.50. The monoisotopic (exact) mass is 272 g/mol. The topological polar surface area (TPSA) is 71.3 Å². The molecular formula is C12H20N2O3S. The van der Waals surface area contributed by atoms with Crippen LogP contribution in [0.5, 0.6) is 0 Å². The first kappa shape index (κ1) is 14.8. The van der Waals surface area contributed by atoms with Crippen LogP contribution in [0.1, 0.15) is 26.5 Å². The summed E-state index contributed by atoms with van der Waals surface area (Å²) in [5.74, 6) is 1.15. The summed E-state index contributed by atoms with van der Waals surface area (Å²) in [6, 6.07) is 3.27. The first-order chi connectivity index (χ1) is 8.39. The molecule has 102 valence electrons. The number of hydrogen-bond acceptors (Lipinski definition) is 3. The number of nitrogens with one attached hydrogen (secondary N) is 2. The van der Waals surface area contributed by atoms with Crippen LogP contribution in [0.2, 0.25) is 0 Å². The lowest BCUT2D eigenvalue weighted by molar-refractivity contribution is 0.240. The van der Waals surface area contributed by atoms with Gasteiger partial charge in [-0.05, 0) is 32.9 Å². The quantitative estimate of drug-likeness (QED) is 0.855. The molecule has 1 heterocycles. The molecule has 1 aromatic heterocycles. The molecule has 1 aromatic rings. The Balaban J connectivity index is 2.16. The molecule has 2 amide bonds. The normalized spacial score (nSPS) is 13.1. The minimum absolute atomic E-state index is 0.244. The third-order valence-electron chi connectivity index (χ3n) is 2.26. The van der Waals surface area contributed by atoms with E-state index in [0.29, 0.717) is 24.6 Å². The molecule has 0 aliphatic heterocycles. The molecule has 0 aliphatic rings. The fraction of sp³-hybridized carbons (Fsp3) is 0.583. The Morgan fingerprint density at radius 3 is 2.67 bits per heavy atom. The maximum Gasteiger partial charge on any atom is 0.315 e. The second kappa shape index (κ2) is 6.58. The molecule has 5 nitrogen and oxygen atoms in total. The maximum absolute atomic E-state index is 11.7. The molecule has 1 atom stereocenters. The number of carbonyl (C=O) groups is 1. The number of rotatable bonds is 5. The van der Waals surface area contributed by atoms with Crippen LogP contribution < -0.4 is 10.6 Å². The van der Waals surface area contributed by atoms with Gasteiger partial charge in [-0.3, -0.25) is 4.21 Å². The lowest BCUT2D eigenvalue weighted by Gasteiger charge is -2.17. The zero-order chi connectivity index (χ0) is 13.6. The van der Waals surface area contributed by atoms with Crippen LogP contribution in [0.25, 0.3) is 0 Å². The number of amides is 2. The van der Waals surface area contributed by atoms with Crippen molar-refractivity contribution in [1.82, 2.24) is 10.6 Å². The van der Waals surface area contributed by atoms with Crippen LogP contribution in [0, 0.1) is 0 Å². The minimum atomic E-state index is -0.948. The SMILES string of the molecule is CC(C)(C)S(=O)CCNC(=O)NCc1ccco1. The van der Waals surface area contributed by atoms with E-state index in [1.807, 2.05) is 20.8 Å². The van der Waals surface area contributed by atoms with Gasteiger partial charge in [0, 0.05) is 27.8 Å². The summed E-state index contributed by atoms with van der Waals surface area (Å²) in [6.07, 6.45) is 1.56. The summed E-state index contributed by atoms with van der Waals surface area (Å²) in [4.78, 5) is 11.4. The molecule has 0 saturated heterocycles. The lowest BCUT2D eigenvalue weighted by Crippen LogP contribution is -2.38. The predicted molar refractivity (Wildman–Crippen MR) is 71.7 cm³/mol. The van der Waals surface area contributed by atoms with Crippen LogP contribution in [0.4, 0.5) is 4.79 Å². The second-order valence-corrected chi connectivity index (χ2v) is 7.17. The Morgan fingerprint density at radius 1 is 1.39 bits per heavy atom. The Hall–Kier alpha value is -1.30. The van der Waals surface area contributed by atoms with Crippen LogP contribution in [0.15, 0.2) is 22.8 Å². The Morgan fingerprint density at radius 2 is 2.11 bits per heavy atom. The molecule has 0 fully saturated rings. The van der Waals surface area contributed by atoms with E-state index in [9.17, 15) is 9.00 Å². The van der Waals surface area contributed by atoms with E-state index in [2.05, 4.69) is 10.6 Å². The van der Waals surface area contributed by atoms with Gasteiger partial charge in [-0.15, -0.1) is 0 Å². The van der Waals surface area contributed by atoms with Gasteiger partial charge in [0.15, 0.2) is 0 Å². The largest absolute Gasteiger partial charge is 0.467 e. The fourth-order valence-electron chi connectivity index (χ4n) is 1.21. The highest BCUT2D eigenvalue weighted by atomic mass is 32.2. The first-order valence-electron chi connectivity index (χ1n) is 5.82. The molecule has 0 aromatic carbocycles. The van der Waals surface area contributed by atoms with Crippen molar-refractivity contribution in [3.05, 3.63) is 24.2 Å². The Labute approximate surface area is 110 Å². The van der Waals surface area contributed by atoms with Gasteiger partial charge in [-0.2, -0.15) is 0 Å². The molecule has 2 N–H and O–H groups in total. The molecule has 0 saturated carbocycles. The summed E-state index contributed by atoms with van der Waals surface area (Å²) < 4.78 is 16.6. The van der Waals surface area contributed by atoms with Gasteiger partial charge in [-0.25, -0.2) is 4.79 Å². The van der Waals surface area contributed by atoms with Crippen molar-refractivity contribution in [1.29, 1.82) is 0 Å². The standard InChI is InChI=1S/C12H20N2O3S/c1-12(2,3)18(16)8-6-13-11(15)14-9-10-5-4-7-17-10/h4-5,7H,6,8-9H2,1-3H3,(H2,13,14,15). The van der Waals surface area contributed by atoms with Crippen molar-refractivity contribution in [3.8, 4) is 0 Å². The van der Waals surface area contributed by atoms with Crippen molar-refractivity contribution >= 4 is 16.8 Å². The molecule has 0 bridgehead atoms. The van der Waals surface area contributed by atoms with Gasteiger partial charge in [0.25, 0.3) is 0 Å². The maximum atomic E-state index is 11.7. The van der Waals surface area contributed by atoms with Gasteiger partial charge in [0.2, 0.25) is 0 Å². The highest BCUT2D eigenvalue weighted by Gasteiger charge is 2.18. The Bertz CT molecular complexity index is 396. The average molecular weight is 272 g/mol. The summed E-state index contributed by atoms with van der Waals surface area (Å²) in [7, 11) is -0.948. The van der Waals surface area contributed by atoms with Gasteiger partial charge in [0.05, 0.1) is 12.8 Å². The zero-order valence-corrected chi connectivity index (χ0v) is 11.8. The van der Waals surface area contributed by atoms with E-state index in [4.69, 9.17) is 4.42 Å². The summed E-state index contributed by atoms with van der Waals surface area (Å²) in [5.41, 5.74) is 0. The van der Waals surface area contributed by atoms with Gasteiger partial charge < -0.3 is 15.1 Å². The van der Waals surface area contributed by atoms with Crippen LogP contribution in [0.3, 0.4) is 0 Å². The van der Waals surface area contributed by atoms with Gasteiger partial charge in [0.1, 0.15) is 5.76 Å². The van der Waals surface area contributed by atoms with Gasteiger partial charge >= 0.3 is 6.03 Å². The first-order valence-corrected chi connectivity index (χ1v) is 7.14. The molecule has 1 rings (SSSR count). The highest BCUT2D eigenvalue weighted by molar-refractivity contribution is 7.86. The zero-order valence-electron chi connectivity index (χ0n) is 11.0. The molecule has 0 aliphatic carbocycles. The van der Waals surface area contributed by atoms with Crippen molar-refractivity contribution in [2.75, 3.05) is 12.3 Å². The number of urea groups is 1. The molecule has 6 heteroatoms. The lowest BCUT2D eigenvalue weighted by atomic mass is 10.3. The van der Waals surface area contributed by atoms with Crippen molar-refractivity contribution in [2.45, 2.75) is 32.1 Å². The molecule has 18 heavy (non-hydrogen) atoms. The predicted octanol–water partition coefficient (Wildman–Crippen LogP) is 1.63. The fourth-order valence-corrected chi connectivity index (χ4v) is 2.11. The molecular weight excluding hydrogens is 252 g/mol. The number of carbonyl (C=O) groups excluding carboxylic acids is 1. The van der Waals surface area contributed by atoms with E-state index in [1.54, 1.807) is 18.4 Å². The van der Waals surface area contributed by atoms with E-state index in [1.165, 1.54) is 0 Å². The van der Waals surface area contributed by atoms with E-state index in [0.717, 1.165) is 0 Å². The van der Waals surface area contributed by atoms with Crippen LogP contribution in [-0.2, 0) is 17.3 Å². The van der Waals surface area contributed by atoms with Gasteiger partial charge in [-0.1, -0.05) is 0 Å². The minimum Gasteiger partial charge on any atom is -0.467 e. The van der Waals surface area contributed by atoms with Crippen molar-refractivity contribution in [2.24, 2.45) is 0 Å². The molecule has 0 spiro atoms. The average Bonchev–Trinajstić information content (AvgIpc) is 2.77. The molecule has 1 unspecified atom stereocenters. The second-order valence-electron chi connectivity index (χ2n) is 4.85. The van der Waals surface area contributed by atoms with E-state index in [-0.39, 0.29) is 10.8 Å². The van der Waals surface area contributed by atoms with Crippen LogP contribution in [-0.4, -0.2) is 27.3 Å². The van der Waals surface area contributed by atoms with Crippen molar-refractivity contribution < 1.29 is 13.4 Å². The van der Waals surface area contributed by atoms with Crippen molar-refractivity contribution in [3.63, 3.8) is 0 Å². The van der Waals surface area contributed by atoms with E-state index >= 15 is 0 Å². The number of hydrogen-bond donors (Lipinski definition) is 2. The third kappa shape index (κ3) is 5.35. The summed E-state index contributed by atoms with van der Waals surface area (Å²) in [5, 5.41) is 5.32. The highest BCUT2D eigenvalue weighted by Crippen LogP contribution is 2.10. The smallest absolute Gasteiger partial charge is 0.315 e. The summed E-state index contributed by atoms with van der Waals surface area (Å²) >= 11 is 0. The Kier molecular flexibility index (Phi) is 5.40. The van der Waals surface area contributed by atoms with E-state index < -0.39 is 10.8 Å². The molecule has 0 radical (unpaired) electrons. The third-order valence-corrected chi connectivity index (χ3v) is 4.20. The number of furan rings is 1.